The van der Waals surface area contributed by atoms with E-state index < -0.39 is 6.29 Å². The molecule has 20 heavy (non-hydrogen) atoms. The van der Waals surface area contributed by atoms with E-state index in [4.69, 9.17) is 14.5 Å². The Balaban J connectivity index is 1.96. The first kappa shape index (κ1) is 11.8. The second kappa shape index (κ2) is 4.52. The zero-order valence-corrected chi connectivity index (χ0v) is 10.7. The topological polar surface area (TPSA) is 44.8 Å². The summed E-state index contributed by atoms with van der Waals surface area (Å²) in [4.78, 5) is 21.3. The van der Waals surface area contributed by atoms with Gasteiger partial charge in [-0.15, -0.1) is 0 Å². The van der Waals surface area contributed by atoms with Gasteiger partial charge in [-0.1, -0.05) is 36.4 Å². The Morgan fingerprint density at radius 1 is 1.05 bits per heavy atom. The van der Waals surface area contributed by atoms with Crippen molar-refractivity contribution in [3.8, 4) is 11.1 Å². The van der Waals surface area contributed by atoms with E-state index in [9.17, 15) is 4.79 Å². The Kier molecular flexibility index (Phi) is 2.67. The maximum Gasteiger partial charge on any atom is 0.220 e. The molecule has 4 rings (SSSR count). The molecule has 2 aliphatic rings. The highest BCUT2D eigenvalue weighted by Gasteiger charge is 2.30. The zero-order valence-electron chi connectivity index (χ0n) is 10.7. The number of benzene rings is 2. The van der Waals surface area contributed by atoms with E-state index in [1.54, 1.807) is 0 Å². The average molecular weight is 268 g/mol. The van der Waals surface area contributed by atoms with Gasteiger partial charge in [0.25, 0.3) is 0 Å². The molecule has 4 heteroatoms. The Morgan fingerprint density at radius 2 is 1.85 bits per heavy atom. The molecule has 1 atom stereocenters. The quantitative estimate of drug-likeness (QED) is 0.529. The van der Waals surface area contributed by atoms with Crippen LogP contribution in [0.5, 0.6) is 0 Å². The molecule has 1 fully saturated rings. The molecule has 0 bridgehead atoms. The Bertz CT molecular complexity index is 687. The summed E-state index contributed by atoms with van der Waals surface area (Å²) in [5.74, 6) is 0. The molecular weight excluding hydrogens is 256 g/mol. The summed E-state index contributed by atoms with van der Waals surface area (Å²) in [7, 11) is 0. The highest BCUT2D eigenvalue weighted by molar-refractivity contribution is 5.93. The lowest BCUT2D eigenvalue weighted by Gasteiger charge is -2.13. The van der Waals surface area contributed by atoms with Gasteiger partial charge < -0.3 is 4.74 Å². The monoisotopic (exact) mass is 268 g/mol. The van der Waals surface area contributed by atoms with Gasteiger partial charge in [-0.05, 0) is 28.7 Å². The minimum absolute atomic E-state index is 0.122. The maximum atomic E-state index is 11.3. The van der Waals surface area contributed by atoms with E-state index in [-0.39, 0.29) is 6.79 Å². The standard InChI is InChI=1S/C16H12O4/c17-8-12-5-1-3-10-7-11-4-2-6-13(15(11)14(10)12)16-18-9-19-20-16/h1-6,8,16H,7,9H2. The number of fused-ring (bicyclic) bond motifs is 3. The van der Waals surface area contributed by atoms with Crippen molar-refractivity contribution >= 4 is 6.29 Å². The smallest absolute Gasteiger partial charge is 0.220 e. The molecule has 1 aliphatic heterocycles. The fourth-order valence-electron chi connectivity index (χ4n) is 2.99. The third-order valence-electron chi connectivity index (χ3n) is 3.80. The van der Waals surface area contributed by atoms with Gasteiger partial charge in [0.05, 0.1) is 0 Å². The van der Waals surface area contributed by atoms with Crippen molar-refractivity contribution in [2.45, 2.75) is 12.7 Å². The SMILES string of the molecule is O=Cc1cccc2c1-c1c(cccc1C1OCOO1)C2. The molecule has 1 saturated heterocycles. The summed E-state index contributed by atoms with van der Waals surface area (Å²) >= 11 is 0. The molecule has 0 aromatic heterocycles. The number of aldehydes is 1. The minimum Gasteiger partial charge on any atom is -0.316 e. The van der Waals surface area contributed by atoms with E-state index in [0.29, 0.717) is 5.56 Å². The lowest BCUT2D eigenvalue weighted by Crippen LogP contribution is -2.01. The van der Waals surface area contributed by atoms with Crippen LogP contribution in [0.1, 0.15) is 33.3 Å². The first-order valence-electron chi connectivity index (χ1n) is 6.47. The average Bonchev–Trinajstić information content (AvgIpc) is 3.13. The van der Waals surface area contributed by atoms with Crippen LogP contribution in [0.3, 0.4) is 0 Å². The van der Waals surface area contributed by atoms with Crippen molar-refractivity contribution in [2.24, 2.45) is 0 Å². The molecule has 2 aromatic rings. The molecule has 1 heterocycles. The van der Waals surface area contributed by atoms with Crippen molar-refractivity contribution in [1.82, 2.24) is 0 Å². The predicted octanol–water partition coefficient (Wildman–Crippen LogP) is 3.00. The molecule has 2 aromatic carbocycles. The predicted molar refractivity (Wildman–Crippen MR) is 70.9 cm³/mol. The zero-order chi connectivity index (χ0) is 13.5. The summed E-state index contributed by atoms with van der Waals surface area (Å²) in [5, 5.41) is 0. The van der Waals surface area contributed by atoms with Crippen LogP contribution in [0.4, 0.5) is 0 Å². The number of hydrogen-bond donors (Lipinski definition) is 0. The number of carbonyl (C=O) groups excluding carboxylic acids is 1. The Morgan fingerprint density at radius 3 is 2.60 bits per heavy atom. The van der Waals surface area contributed by atoms with E-state index in [1.165, 1.54) is 5.56 Å². The molecule has 0 spiro atoms. The third-order valence-corrected chi connectivity index (χ3v) is 3.80. The second-order valence-corrected chi connectivity index (χ2v) is 4.89. The number of carbonyl (C=O) groups is 1. The minimum atomic E-state index is -0.532. The van der Waals surface area contributed by atoms with Crippen LogP contribution in [-0.4, -0.2) is 13.1 Å². The van der Waals surface area contributed by atoms with Gasteiger partial charge in [-0.25, -0.2) is 4.89 Å². The summed E-state index contributed by atoms with van der Waals surface area (Å²) in [6.45, 7) is 0.122. The largest absolute Gasteiger partial charge is 0.316 e. The van der Waals surface area contributed by atoms with Crippen molar-refractivity contribution in [1.29, 1.82) is 0 Å². The van der Waals surface area contributed by atoms with Crippen LogP contribution >= 0.6 is 0 Å². The molecule has 1 unspecified atom stereocenters. The third kappa shape index (κ3) is 1.63. The molecule has 0 saturated carbocycles. The molecule has 4 nitrogen and oxygen atoms in total. The molecule has 0 amide bonds. The van der Waals surface area contributed by atoms with Crippen molar-refractivity contribution < 1.29 is 19.3 Å². The van der Waals surface area contributed by atoms with Gasteiger partial charge in [0.15, 0.2) is 13.1 Å². The Hall–Kier alpha value is -2.01. The Labute approximate surface area is 115 Å². The summed E-state index contributed by atoms with van der Waals surface area (Å²) in [5.41, 5.74) is 6.00. The second-order valence-electron chi connectivity index (χ2n) is 4.89. The van der Waals surface area contributed by atoms with E-state index in [0.717, 1.165) is 35.0 Å². The fraction of sp³-hybridized carbons (Fsp3) is 0.188. The van der Waals surface area contributed by atoms with Gasteiger partial charge in [0, 0.05) is 11.1 Å². The summed E-state index contributed by atoms with van der Waals surface area (Å²) in [6.07, 6.45) is 1.20. The first-order valence-corrected chi connectivity index (χ1v) is 6.47. The molecule has 0 N–H and O–H groups in total. The van der Waals surface area contributed by atoms with Crippen LogP contribution in [0.2, 0.25) is 0 Å². The van der Waals surface area contributed by atoms with Gasteiger partial charge in [0.1, 0.15) is 0 Å². The number of rotatable bonds is 2. The normalized spacial score (nSPS) is 19.7. The van der Waals surface area contributed by atoms with Crippen molar-refractivity contribution in [2.75, 3.05) is 6.79 Å². The van der Waals surface area contributed by atoms with E-state index >= 15 is 0 Å². The van der Waals surface area contributed by atoms with Gasteiger partial charge in [0.2, 0.25) is 6.29 Å². The van der Waals surface area contributed by atoms with Gasteiger partial charge >= 0.3 is 0 Å². The van der Waals surface area contributed by atoms with Gasteiger partial charge in [-0.3, -0.25) is 4.79 Å². The first-order chi connectivity index (χ1) is 9.88. The van der Waals surface area contributed by atoms with E-state index in [2.05, 4.69) is 12.1 Å². The highest BCUT2D eigenvalue weighted by atomic mass is 17.3. The fourth-order valence-corrected chi connectivity index (χ4v) is 2.99. The lowest BCUT2D eigenvalue weighted by atomic mass is 9.95. The van der Waals surface area contributed by atoms with Crippen LogP contribution in [0, 0.1) is 0 Å². The molecule has 1 aliphatic carbocycles. The number of ether oxygens (including phenoxy) is 1. The van der Waals surface area contributed by atoms with Crippen molar-refractivity contribution in [3.05, 3.63) is 58.7 Å². The molecule has 0 radical (unpaired) electrons. The lowest BCUT2D eigenvalue weighted by molar-refractivity contribution is -0.279. The van der Waals surface area contributed by atoms with Gasteiger partial charge in [-0.2, -0.15) is 4.89 Å². The van der Waals surface area contributed by atoms with Crippen molar-refractivity contribution in [3.63, 3.8) is 0 Å². The van der Waals surface area contributed by atoms with Crippen LogP contribution in [0.25, 0.3) is 11.1 Å². The molecule has 100 valence electrons. The van der Waals surface area contributed by atoms with Crippen LogP contribution in [0.15, 0.2) is 36.4 Å². The van der Waals surface area contributed by atoms with E-state index in [1.807, 2.05) is 24.3 Å². The summed E-state index contributed by atoms with van der Waals surface area (Å²) < 4.78 is 5.42. The maximum absolute atomic E-state index is 11.3. The van der Waals surface area contributed by atoms with Crippen LogP contribution in [-0.2, 0) is 20.9 Å². The number of hydrogen-bond acceptors (Lipinski definition) is 4. The highest BCUT2D eigenvalue weighted by Crippen LogP contribution is 2.44. The van der Waals surface area contributed by atoms with Crippen LogP contribution < -0.4 is 0 Å². The summed E-state index contributed by atoms with van der Waals surface area (Å²) in [6, 6.07) is 11.8. The molecular formula is C16H12O4.